The molecule has 3 aromatic rings. The van der Waals surface area contributed by atoms with Crippen molar-refractivity contribution in [3.05, 3.63) is 90.4 Å². The van der Waals surface area contributed by atoms with E-state index < -0.39 is 51.5 Å². The molecule has 3 aromatic carbocycles. The van der Waals surface area contributed by atoms with Crippen LogP contribution in [0.25, 0.3) is 6.08 Å². The zero-order valence-corrected chi connectivity index (χ0v) is 23.1. The van der Waals surface area contributed by atoms with Crippen molar-refractivity contribution in [1.29, 1.82) is 0 Å². The quantitative estimate of drug-likeness (QED) is 0.134. The second kappa shape index (κ2) is 11.1. The molecule has 0 bridgehead atoms. The third kappa shape index (κ3) is 5.84. The summed E-state index contributed by atoms with van der Waals surface area (Å²) in [5.74, 6) is -2.25. The molecule has 1 aliphatic heterocycles. The molecule has 1 heterocycles. The van der Waals surface area contributed by atoms with Crippen LogP contribution in [0.1, 0.15) is 11.1 Å². The molecule has 206 valence electrons. The van der Waals surface area contributed by atoms with Crippen LogP contribution in [0.15, 0.2) is 69.1 Å². The molecule has 1 saturated heterocycles. The fourth-order valence-electron chi connectivity index (χ4n) is 3.61. The van der Waals surface area contributed by atoms with Gasteiger partial charge >= 0.3 is 17.9 Å². The predicted octanol–water partition coefficient (Wildman–Crippen LogP) is 6.61. The third-order valence-electron chi connectivity index (χ3n) is 5.46. The van der Waals surface area contributed by atoms with E-state index in [9.17, 15) is 37.7 Å². The molecule has 0 saturated carbocycles. The van der Waals surface area contributed by atoms with E-state index in [2.05, 4.69) is 37.2 Å². The van der Waals surface area contributed by atoms with Gasteiger partial charge in [0.15, 0.2) is 0 Å². The highest BCUT2D eigenvalue weighted by Crippen LogP contribution is 2.42. The van der Waals surface area contributed by atoms with Gasteiger partial charge in [-0.25, -0.2) is 9.69 Å². The molecule has 10 nitrogen and oxygen atoms in total. The number of nitro benzene ring substituents is 1. The Labute approximate surface area is 239 Å². The highest BCUT2D eigenvalue weighted by molar-refractivity contribution is 9.11. The largest absolute Gasteiger partial charge is 0.497 e. The van der Waals surface area contributed by atoms with Crippen molar-refractivity contribution >= 4 is 67.2 Å². The van der Waals surface area contributed by atoms with Crippen LogP contribution in [0.2, 0.25) is 0 Å². The number of benzene rings is 3. The monoisotopic (exact) mass is 683 g/mol. The lowest BCUT2D eigenvalue weighted by molar-refractivity contribution is -0.385. The molecule has 4 amide bonds. The maximum atomic E-state index is 13.3. The summed E-state index contributed by atoms with van der Waals surface area (Å²) in [6.07, 6.45) is -3.75. The van der Waals surface area contributed by atoms with Gasteiger partial charge < -0.3 is 9.47 Å². The molecular weight excluding hydrogens is 671 g/mol. The Morgan fingerprint density at radius 1 is 1.02 bits per heavy atom. The van der Waals surface area contributed by atoms with Crippen LogP contribution >= 0.6 is 31.9 Å². The topological polar surface area (TPSA) is 128 Å². The van der Waals surface area contributed by atoms with E-state index in [0.717, 1.165) is 17.0 Å². The van der Waals surface area contributed by atoms with Gasteiger partial charge in [0.2, 0.25) is 5.75 Å². The van der Waals surface area contributed by atoms with Gasteiger partial charge in [0, 0.05) is 16.1 Å². The van der Waals surface area contributed by atoms with E-state index >= 15 is 0 Å². The standard InChI is InChI=1S/C25H14Br2F3N3O7/c1-39-16-5-3-15(4-6-16)32-23(35)17(22(34)31-24(32)36)9-12-8-14(26)11-18(27)21(12)40-20-7-2-13(25(28,29)30)10-19(20)33(37)38/h2-11H,1H3,(H,31,34,36)/b17-9+. The Bertz CT molecular complexity index is 1590. The Hall–Kier alpha value is -4.24. The van der Waals surface area contributed by atoms with Crippen LogP contribution in [0.5, 0.6) is 17.2 Å². The summed E-state index contributed by atoms with van der Waals surface area (Å²) < 4.78 is 50.7. The smallest absolute Gasteiger partial charge is 0.416 e. The van der Waals surface area contributed by atoms with Crippen molar-refractivity contribution in [1.82, 2.24) is 5.32 Å². The summed E-state index contributed by atoms with van der Waals surface area (Å²) >= 11 is 6.49. The zero-order valence-electron chi connectivity index (χ0n) is 19.9. The molecule has 0 aromatic heterocycles. The summed E-state index contributed by atoms with van der Waals surface area (Å²) in [6, 6.07) is 9.48. The SMILES string of the molecule is COc1ccc(N2C(=O)NC(=O)/C(=C\c3cc(Br)cc(Br)c3Oc3ccc(C(F)(F)F)cc3[N+](=O)[O-])C2=O)cc1. The highest BCUT2D eigenvalue weighted by atomic mass is 79.9. The molecule has 0 radical (unpaired) electrons. The first-order valence-electron chi connectivity index (χ1n) is 10.9. The number of amides is 4. The number of ether oxygens (including phenoxy) is 2. The minimum Gasteiger partial charge on any atom is -0.497 e. The van der Waals surface area contributed by atoms with Crippen molar-refractivity contribution < 1.29 is 42.0 Å². The summed E-state index contributed by atoms with van der Waals surface area (Å²) in [6.45, 7) is 0. The van der Waals surface area contributed by atoms with Gasteiger partial charge in [-0.2, -0.15) is 13.2 Å². The normalized spacial score (nSPS) is 14.8. The Morgan fingerprint density at radius 2 is 1.70 bits per heavy atom. The number of halogens is 5. The van der Waals surface area contributed by atoms with Crippen LogP contribution in [-0.2, 0) is 15.8 Å². The number of rotatable bonds is 6. The first-order valence-corrected chi connectivity index (χ1v) is 12.5. The van der Waals surface area contributed by atoms with Crippen molar-refractivity contribution in [3.8, 4) is 17.2 Å². The average Bonchev–Trinajstić information content (AvgIpc) is 2.88. The molecule has 0 aliphatic carbocycles. The molecule has 4 rings (SSSR count). The number of carbonyl (C=O) groups excluding carboxylic acids is 3. The molecule has 40 heavy (non-hydrogen) atoms. The molecule has 0 spiro atoms. The maximum Gasteiger partial charge on any atom is 0.416 e. The average molecular weight is 685 g/mol. The van der Waals surface area contributed by atoms with Crippen LogP contribution in [-0.4, -0.2) is 29.9 Å². The van der Waals surface area contributed by atoms with Gasteiger partial charge in [-0.05, 0) is 70.5 Å². The van der Waals surface area contributed by atoms with E-state index in [1.165, 1.54) is 43.5 Å². The number of imide groups is 2. The summed E-state index contributed by atoms with van der Waals surface area (Å²) in [5, 5.41) is 13.6. The fourth-order valence-corrected chi connectivity index (χ4v) is 4.95. The molecule has 1 N–H and O–H groups in total. The number of anilines is 1. The van der Waals surface area contributed by atoms with Crippen LogP contribution in [0.3, 0.4) is 0 Å². The number of methoxy groups -OCH3 is 1. The second-order valence-corrected chi connectivity index (χ2v) is 9.77. The van der Waals surface area contributed by atoms with Crippen LogP contribution in [0.4, 0.5) is 29.3 Å². The van der Waals surface area contributed by atoms with Gasteiger partial charge in [0.05, 0.1) is 27.8 Å². The van der Waals surface area contributed by atoms with Crippen molar-refractivity contribution in [2.75, 3.05) is 12.0 Å². The van der Waals surface area contributed by atoms with E-state index in [-0.39, 0.29) is 21.5 Å². The minimum absolute atomic E-state index is 0.0259. The van der Waals surface area contributed by atoms with Gasteiger partial charge in [-0.1, -0.05) is 15.9 Å². The number of barbiturate groups is 1. The van der Waals surface area contributed by atoms with Crippen molar-refractivity contribution in [2.45, 2.75) is 6.18 Å². The summed E-state index contributed by atoms with van der Waals surface area (Å²) in [7, 11) is 1.43. The predicted molar refractivity (Wildman–Crippen MR) is 142 cm³/mol. The summed E-state index contributed by atoms with van der Waals surface area (Å²) in [5.41, 5.74) is -2.55. The molecule has 1 aliphatic rings. The number of nitrogens with one attached hydrogen (secondary N) is 1. The number of nitrogens with zero attached hydrogens (tertiary/aromatic N) is 2. The van der Waals surface area contributed by atoms with Gasteiger partial charge in [0.1, 0.15) is 17.1 Å². The van der Waals surface area contributed by atoms with E-state index in [0.29, 0.717) is 22.4 Å². The van der Waals surface area contributed by atoms with Gasteiger partial charge in [-0.15, -0.1) is 0 Å². The van der Waals surface area contributed by atoms with E-state index in [1.807, 2.05) is 0 Å². The summed E-state index contributed by atoms with van der Waals surface area (Å²) in [4.78, 5) is 49.7. The van der Waals surface area contributed by atoms with E-state index in [4.69, 9.17) is 9.47 Å². The lowest BCUT2D eigenvalue weighted by atomic mass is 10.1. The number of hydrogen-bond donors (Lipinski definition) is 1. The number of carbonyl (C=O) groups is 3. The lowest BCUT2D eigenvalue weighted by Crippen LogP contribution is -2.54. The molecule has 0 atom stereocenters. The number of urea groups is 1. The van der Waals surface area contributed by atoms with Crippen LogP contribution in [0, 0.1) is 10.1 Å². The fraction of sp³-hybridized carbons (Fsp3) is 0.0800. The van der Waals surface area contributed by atoms with Crippen molar-refractivity contribution in [3.63, 3.8) is 0 Å². The highest BCUT2D eigenvalue weighted by Gasteiger charge is 2.37. The Morgan fingerprint density at radius 3 is 2.30 bits per heavy atom. The first kappa shape index (κ1) is 28.8. The minimum atomic E-state index is -4.83. The maximum absolute atomic E-state index is 13.3. The second-order valence-electron chi connectivity index (χ2n) is 8.00. The number of alkyl halides is 3. The molecule has 0 unspecified atom stereocenters. The number of hydrogen-bond acceptors (Lipinski definition) is 7. The van der Waals surface area contributed by atoms with Gasteiger partial charge in [0.25, 0.3) is 11.8 Å². The molecule has 1 fully saturated rings. The molecule has 15 heteroatoms. The zero-order chi connectivity index (χ0) is 29.4. The number of nitro groups is 1. The van der Waals surface area contributed by atoms with E-state index in [1.54, 1.807) is 0 Å². The molecular formula is C25H14Br2F3N3O7. The third-order valence-corrected chi connectivity index (χ3v) is 6.51. The lowest BCUT2D eigenvalue weighted by Gasteiger charge is -2.26. The van der Waals surface area contributed by atoms with Crippen molar-refractivity contribution in [2.24, 2.45) is 0 Å². The Kier molecular flexibility index (Phi) is 7.98. The van der Waals surface area contributed by atoms with Gasteiger partial charge in [-0.3, -0.25) is 25.0 Å². The first-order chi connectivity index (χ1) is 18.8. The Balaban J connectivity index is 1.79. The van der Waals surface area contributed by atoms with Crippen LogP contribution < -0.4 is 19.7 Å².